The third-order valence-electron chi connectivity index (χ3n) is 7.94. The number of nitrogens with one attached hydrogen (secondary N) is 2. The Bertz CT molecular complexity index is 1770. The number of rotatable bonds is 16. The van der Waals surface area contributed by atoms with Crippen LogP contribution in [0.5, 0.6) is 0 Å². The number of carbonyl (C=O) groups excluding carboxylic acids is 3. The van der Waals surface area contributed by atoms with Gasteiger partial charge in [-0.1, -0.05) is 0 Å². The largest absolute Gasteiger partial charge is 0.471 e. The van der Waals surface area contributed by atoms with E-state index in [0.717, 1.165) is 22.5 Å². The number of esters is 2. The average Bonchev–Trinajstić information content (AvgIpc) is 3.58. The second-order valence-electron chi connectivity index (χ2n) is 13.1. The van der Waals surface area contributed by atoms with Crippen LogP contribution >= 0.6 is 24.2 Å². The summed E-state index contributed by atoms with van der Waals surface area (Å²) < 4.78 is 82.1. The highest BCUT2D eigenvalue weighted by Crippen LogP contribution is 2.42. The minimum absolute atomic E-state index is 0.0392. The number of amidine groups is 1. The standard InChI is InChI=1S/C31H49N7O12S4/c1-6-38(23-18-37(10-7-13-46-5)54(44,45)30-22(23)16-27(52-30)53(33,42)43)24(39)20-48-25(40)8-9-26(41)50-21(17-34-31(2,3)4)19-49-28(32)29(35-51)36-11-14-47-15-12-36/h8-9,16,21,23,32,34,51H,6-7,10-15,17-20H2,1-5H3,(H2,33,42,43)/b9-8+,32-28?,35-29?/t21-,23-/m0/s1. The highest BCUT2D eigenvalue weighted by Gasteiger charge is 2.43. The van der Waals surface area contributed by atoms with Crippen molar-refractivity contribution in [2.24, 2.45) is 9.54 Å². The average molecular weight is 840 g/mol. The maximum absolute atomic E-state index is 13.4. The molecular weight excluding hydrogens is 791 g/mol. The molecule has 54 heavy (non-hydrogen) atoms. The van der Waals surface area contributed by atoms with E-state index in [-0.39, 0.29) is 70.6 Å². The van der Waals surface area contributed by atoms with Gasteiger partial charge in [-0.25, -0.2) is 31.6 Å². The number of primary sulfonamides is 1. The minimum Gasteiger partial charge on any atom is -0.471 e. The normalized spacial score (nSPS) is 18.5. The summed E-state index contributed by atoms with van der Waals surface area (Å²) in [6.45, 7) is 8.57. The van der Waals surface area contributed by atoms with E-state index in [1.54, 1.807) is 11.8 Å². The second-order valence-corrected chi connectivity index (χ2v) is 18.2. The molecule has 19 nitrogen and oxygen atoms in total. The summed E-state index contributed by atoms with van der Waals surface area (Å²) in [7, 11) is -6.92. The van der Waals surface area contributed by atoms with Crippen molar-refractivity contribution in [1.82, 2.24) is 19.4 Å². The Balaban J connectivity index is 1.66. The number of fused-ring (bicyclic) bond motifs is 1. The van der Waals surface area contributed by atoms with Crippen LogP contribution in [0, 0.1) is 5.41 Å². The monoisotopic (exact) mass is 839 g/mol. The maximum Gasteiger partial charge on any atom is 0.331 e. The van der Waals surface area contributed by atoms with Gasteiger partial charge in [-0.3, -0.25) is 10.2 Å². The molecule has 3 heterocycles. The molecule has 2 aliphatic heterocycles. The molecule has 1 saturated heterocycles. The molecule has 0 spiro atoms. The van der Waals surface area contributed by atoms with Crippen molar-refractivity contribution >= 4 is 73.8 Å². The zero-order valence-electron chi connectivity index (χ0n) is 30.8. The van der Waals surface area contributed by atoms with Crippen LogP contribution in [0.25, 0.3) is 0 Å². The highest BCUT2D eigenvalue weighted by molar-refractivity contribution is 7.94. The van der Waals surface area contributed by atoms with Crippen LogP contribution in [0.1, 0.15) is 45.7 Å². The maximum atomic E-state index is 13.4. The smallest absolute Gasteiger partial charge is 0.331 e. The fourth-order valence-corrected chi connectivity index (χ4v) is 9.81. The molecule has 1 aromatic rings. The molecule has 4 N–H and O–H groups in total. The SMILES string of the molecule is CCN(C(=O)COC(=O)/C=C/C(=O)O[C@@H](CNC(C)(C)C)COC(=N)C(=NS)N1CCOCC1)[C@H]1CN(CCCOC)S(=O)(=O)c2sc(S(N)(=O)=O)cc21. The molecule has 0 saturated carbocycles. The fourth-order valence-electron chi connectivity index (χ4n) is 5.31. The molecule has 2 atom stereocenters. The van der Waals surface area contributed by atoms with Crippen LogP contribution in [0.4, 0.5) is 0 Å². The molecule has 3 rings (SSSR count). The number of nitrogens with zero attached hydrogens (tertiary/aromatic N) is 4. The van der Waals surface area contributed by atoms with E-state index < -0.39 is 56.6 Å². The van der Waals surface area contributed by atoms with Gasteiger partial charge >= 0.3 is 11.9 Å². The highest BCUT2D eigenvalue weighted by atomic mass is 32.3. The van der Waals surface area contributed by atoms with Crippen LogP contribution in [0.15, 0.2) is 31.0 Å². The van der Waals surface area contributed by atoms with Crippen molar-refractivity contribution < 1.29 is 54.9 Å². The van der Waals surface area contributed by atoms with Gasteiger partial charge in [0.1, 0.15) is 21.1 Å². The number of methoxy groups -OCH3 is 1. The molecular formula is C31H49N7O12S4. The van der Waals surface area contributed by atoms with Crippen LogP contribution in [0.2, 0.25) is 0 Å². The van der Waals surface area contributed by atoms with Crippen LogP contribution < -0.4 is 10.5 Å². The topological polar surface area (TPSA) is 250 Å². The van der Waals surface area contributed by atoms with Gasteiger partial charge in [0.15, 0.2) is 12.4 Å². The summed E-state index contributed by atoms with van der Waals surface area (Å²) in [5.41, 5.74) is -0.271. The Morgan fingerprint density at radius 1 is 1.22 bits per heavy atom. The first-order valence-electron chi connectivity index (χ1n) is 16.8. The number of hydrogen-bond acceptors (Lipinski definition) is 17. The lowest BCUT2D eigenvalue weighted by Gasteiger charge is -2.38. The van der Waals surface area contributed by atoms with Crippen molar-refractivity contribution in [3.05, 3.63) is 23.8 Å². The lowest BCUT2D eigenvalue weighted by Crippen LogP contribution is -2.48. The zero-order chi connectivity index (χ0) is 40.3. The summed E-state index contributed by atoms with van der Waals surface area (Å²) in [5.74, 6) is -2.74. The molecule has 0 radical (unpaired) electrons. The Labute approximate surface area is 325 Å². The molecule has 1 amide bonds. The molecule has 0 unspecified atom stereocenters. The van der Waals surface area contributed by atoms with Gasteiger partial charge < -0.3 is 38.8 Å². The van der Waals surface area contributed by atoms with Crippen molar-refractivity contribution in [1.29, 1.82) is 5.41 Å². The van der Waals surface area contributed by atoms with E-state index in [1.807, 2.05) is 20.8 Å². The van der Waals surface area contributed by atoms with E-state index in [9.17, 15) is 31.2 Å². The molecule has 304 valence electrons. The number of sulfonamides is 2. The van der Waals surface area contributed by atoms with Gasteiger partial charge in [0.25, 0.3) is 21.8 Å². The van der Waals surface area contributed by atoms with E-state index in [2.05, 4.69) is 22.5 Å². The van der Waals surface area contributed by atoms with E-state index >= 15 is 0 Å². The minimum atomic E-state index is -4.27. The molecule has 23 heteroatoms. The number of morpholine rings is 1. The lowest BCUT2D eigenvalue weighted by molar-refractivity contribution is -0.150. The van der Waals surface area contributed by atoms with Crippen LogP contribution in [0.3, 0.4) is 0 Å². The molecule has 0 aromatic carbocycles. The Kier molecular flexibility index (Phi) is 16.9. The van der Waals surface area contributed by atoms with Crippen molar-refractivity contribution in [3.8, 4) is 0 Å². The number of carbonyl (C=O) groups is 3. The first-order valence-corrected chi connectivity index (χ1v) is 21.0. The second kappa shape index (κ2) is 20.1. The summed E-state index contributed by atoms with van der Waals surface area (Å²) in [4.78, 5) is 41.8. The lowest BCUT2D eigenvalue weighted by atomic mass is 10.1. The van der Waals surface area contributed by atoms with Gasteiger partial charge in [0, 0.05) is 76.2 Å². The fraction of sp³-hybridized carbons (Fsp3) is 0.645. The molecule has 1 fully saturated rings. The number of thiol groups is 1. The Morgan fingerprint density at radius 2 is 1.89 bits per heavy atom. The van der Waals surface area contributed by atoms with Crippen LogP contribution in [-0.4, -0.2) is 152 Å². The number of hydrogen-bond donors (Lipinski definition) is 4. The third kappa shape index (κ3) is 13.0. The molecule has 2 aliphatic rings. The number of amides is 1. The number of likely N-dealkylation sites (N-methyl/N-ethyl adjacent to an activating group) is 1. The zero-order valence-corrected chi connectivity index (χ0v) is 34.2. The van der Waals surface area contributed by atoms with Crippen molar-refractivity contribution in [2.45, 2.75) is 60.2 Å². The first-order chi connectivity index (χ1) is 25.3. The molecule has 1 aromatic heterocycles. The third-order valence-corrected chi connectivity index (χ3v) is 13.1. The van der Waals surface area contributed by atoms with Crippen molar-refractivity contribution in [2.75, 3.05) is 79.4 Å². The molecule has 0 bridgehead atoms. The summed E-state index contributed by atoms with van der Waals surface area (Å²) in [5, 5.41) is 16.9. The predicted molar refractivity (Wildman–Crippen MR) is 201 cm³/mol. The number of nitrogens with two attached hydrogens (primary N) is 1. The van der Waals surface area contributed by atoms with Gasteiger partial charge in [-0.2, -0.15) is 8.70 Å². The van der Waals surface area contributed by atoms with Gasteiger partial charge in [0.05, 0.1) is 19.3 Å². The molecule has 0 aliphatic carbocycles. The van der Waals surface area contributed by atoms with E-state index in [1.165, 1.54) is 12.0 Å². The number of thiophene rings is 1. The summed E-state index contributed by atoms with van der Waals surface area (Å²) >= 11 is 4.47. The quantitative estimate of drug-likeness (QED) is 0.0437. The predicted octanol–water partition coefficient (Wildman–Crippen LogP) is 0.295. The number of ether oxygens (including phenoxy) is 5. The first kappa shape index (κ1) is 45.2. The van der Waals surface area contributed by atoms with Gasteiger partial charge in [-0.05, 0) is 53.0 Å². The summed E-state index contributed by atoms with van der Waals surface area (Å²) in [6.07, 6.45) is 1.05. The van der Waals surface area contributed by atoms with Crippen molar-refractivity contribution in [3.63, 3.8) is 0 Å². The van der Waals surface area contributed by atoms with Crippen LogP contribution in [-0.2, 0) is 58.1 Å². The summed E-state index contributed by atoms with van der Waals surface area (Å²) in [6, 6.07) is 0.223. The van der Waals surface area contributed by atoms with Gasteiger partial charge in [0.2, 0.25) is 10.0 Å². The van der Waals surface area contributed by atoms with E-state index in [4.69, 9.17) is 34.2 Å². The van der Waals surface area contributed by atoms with E-state index in [0.29, 0.717) is 44.1 Å². The Hall–Kier alpha value is -3.16. The Morgan fingerprint density at radius 3 is 2.48 bits per heavy atom. The van der Waals surface area contributed by atoms with Gasteiger partial charge in [-0.15, -0.1) is 11.3 Å².